The van der Waals surface area contributed by atoms with Crippen LogP contribution in [0.5, 0.6) is 0 Å². The maximum Gasteiger partial charge on any atom is 0.209 e. The van der Waals surface area contributed by atoms with Crippen LogP contribution in [-0.4, -0.2) is 21.8 Å². The Bertz CT molecular complexity index is 1250. The minimum absolute atomic E-state index is 0.00269. The summed E-state index contributed by atoms with van der Waals surface area (Å²) in [7, 11) is 0. The fraction of sp³-hybridized carbons (Fsp3) is 0.0800. The molecular formula is C25H19NO3. The summed E-state index contributed by atoms with van der Waals surface area (Å²) < 4.78 is 1.82. The molecule has 0 saturated carbocycles. The summed E-state index contributed by atoms with van der Waals surface area (Å²) in [5, 5.41) is 0. The predicted molar refractivity (Wildman–Crippen MR) is 113 cm³/mol. The predicted octanol–water partition coefficient (Wildman–Crippen LogP) is 5.24. The minimum atomic E-state index is -0.0946. The van der Waals surface area contributed by atoms with Crippen molar-refractivity contribution in [3.05, 3.63) is 101 Å². The van der Waals surface area contributed by atoms with Gasteiger partial charge in [-0.3, -0.25) is 14.4 Å². The molecule has 0 aliphatic carbocycles. The largest absolute Gasteiger partial charge is 0.313 e. The van der Waals surface area contributed by atoms with E-state index in [4.69, 9.17) is 0 Å². The summed E-state index contributed by atoms with van der Waals surface area (Å²) >= 11 is 0. The molecule has 0 saturated heterocycles. The number of rotatable bonds is 5. The summed E-state index contributed by atoms with van der Waals surface area (Å²) in [5.41, 5.74) is 4.81. The van der Waals surface area contributed by atoms with Gasteiger partial charge < -0.3 is 4.40 Å². The Hall–Kier alpha value is -3.79. The number of pyridine rings is 1. The van der Waals surface area contributed by atoms with Crippen molar-refractivity contribution in [1.82, 2.24) is 4.40 Å². The first-order valence-corrected chi connectivity index (χ1v) is 9.33. The van der Waals surface area contributed by atoms with E-state index in [9.17, 15) is 14.4 Å². The second-order valence-electron chi connectivity index (χ2n) is 7.00. The van der Waals surface area contributed by atoms with E-state index in [0.717, 1.165) is 16.6 Å². The minimum Gasteiger partial charge on any atom is -0.313 e. The summed E-state index contributed by atoms with van der Waals surface area (Å²) in [6.45, 7) is 3.05. The van der Waals surface area contributed by atoms with Gasteiger partial charge in [0.25, 0.3) is 0 Å². The van der Waals surface area contributed by atoms with Gasteiger partial charge >= 0.3 is 0 Å². The molecule has 0 bridgehead atoms. The lowest BCUT2D eigenvalue weighted by Crippen LogP contribution is -2.05. The van der Waals surface area contributed by atoms with Crippen molar-refractivity contribution in [1.29, 1.82) is 0 Å². The smallest absolute Gasteiger partial charge is 0.209 e. The fourth-order valence-corrected chi connectivity index (χ4v) is 3.44. The van der Waals surface area contributed by atoms with E-state index < -0.39 is 0 Å². The summed E-state index contributed by atoms with van der Waals surface area (Å²) in [6.07, 6.45) is 1.76. The highest BCUT2D eigenvalue weighted by Crippen LogP contribution is 2.30. The van der Waals surface area contributed by atoms with Gasteiger partial charge in [-0.25, -0.2) is 0 Å². The average molecular weight is 381 g/mol. The molecule has 4 heteroatoms. The van der Waals surface area contributed by atoms with E-state index in [1.807, 2.05) is 40.8 Å². The SMILES string of the molecule is CC(=O)c1ccc(-c2cc(C(=O)c3ccccc3)n3ccc(C(C)=O)cc23)cc1. The van der Waals surface area contributed by atoms with Crippen molar-refractivity contribution in [2.75, 3.05) is 0 Å². The van der Waals surface area contributed by atoms with Crippen LogP contribution in [0.15, 0.2) is 79.0 Å². The molecule has 0 N–H and O–H groups in total. The number of carbonyl (C=O) groups is 3. The molecule has 0 aliphatic rings. The van der Waals surface area contributed by atoms with Gasteiger partial charge in [-0.05, 0) is 37.6 Å². The molecule has 2 aromatic carbocycles. The lowest BCUT2D eigenvalue weighted by Gasteiger charge is -2.05. The van der Waals surface area contributed by atoms with E-state index in [2.05, 4.69) is 0 Å². The molecule has 4 aromatic rings. The van der Waals surface area contributed by atoms with Gasteiger partial charge in [0.05, 0.1) is 11.2 Å². The van der Waals surface area contributed by atoms with Crippen molar-refractivity contribution in [2.45, 2.75) is 13.8 Å². The highest BCUT2D eigenvalue weighted by Gasteiger charge is 2.18. The molecule has 4 rings (SSSR count). The van der Waals surface area contributed by atoms with Gasteiger partial charge in [-0.1, -0.05) is 54.6 Å². The van der Waals surface area contributed by atoms with Crippen LogP contribution in [0, 0.1) is 0 Å². The van der Waals surface area contributed by atoms with Crippen molar-refractivity contribution in [3.63, 3.8) is 0 Å². The molecule has 0 radical (unpaired) electrons. The zero-order valence-corrected chi connectivity index (χ0v) is 16.2. The third-order valence-corrected chi connectivity index (χ3v) is 5.05. The Kier molecular flexibility index (Phi) is 4.69. The molecular weight excluding hydrogens is 362 g/mol. The number of hydrogen-bond donors (Lipinski definition) is 0. The molecule has 0 amide bonds. The molecule has 0 atom stereocenters. The molecule has 0 unspecified atom stereocenters. The van der Waals surface area contributed by atoms with Gasteiger partial charge in [0.2, 0.25) is 5.78 Å². The molecule has 29 heavy (non-hydrogen) atoms. The molecule has 142 valence electrons. The Morgan fingerprint density at radius 3 is 1.97 bits per heavy atom. The van der Waals surface area contributed by atoms with Crippen molar-refractivity contribution < 1.29 is 14.4 Å². The van der Waals surface area contributed by atoms with Crippen LogP contribution < -0.4 is 0 Å². The van der Waals surface area contributed by atoms with Gasteiger partial charge in [0.1, 0.15) is 0 Å². The van der Waals surface area contributed by atoms with Gasteiger partial charge in [0.15, 0.2) is 11.6 Å². The third kappa shape index (κ3) is 3.41. The molecule has 0 aliphatic heterocycles. The Morgan fingerprint density at radius 1 is 0.690 bits per heavy atom. The quantitative estimate of drug-likeness (QED) is 0.444. The van der Waals surface area contributed by atoms with Crippen LogP contribution in [0.3, 0.4) is 0 Å². The monoisotopic (exact) mass is 381 g/mol. The zero-order valence-electron chi connectivity index (χ0n) is 16.2. The molecule has 0 spiro atoms. The fourth-order valence-electron chi connectivity index (χ4n) is 3.44. The van der Waals surface area contributed by atoms with Crippen LogP contribution in [-0.2, 0) is 0 Å². The van der Waals surface area contributed by atoms with E-state index in [0.29, 0.717) is 22.4 Å². The van der Waals surface area contributed by atoms with Crippen LogP contribution in [0.1, 0.15) is 50.6 Å². The van der Waals surface area contributed by atoms with Crippen molar-refractivity contribution in [2.24, 2.45) is 0 Å². The summed E-state index contributed by atoms with van der Waals surface area (Å²) in [6, 6.07) is 21.7. The number of ketones is 3. The lowest BCUT2D eigenvalue weighted by atomic mass is 10.0. The first-order chi connectivity index (χ1) is 14.0. The second-order valence-corrected chi connectivity index (χ2v) is 7.00. The number of carbonyl (C=O) groups excluding carboxylic acids is 3. The number of fused-ring (bicyclic) bond motifs is 1. The van der Waals surface area contributed by atoms with Crippen LogP contribution in [0.4, 0.5) is 0 Å². The standard InChI is InChI=1S/C25H19NO3/c1-16(27)18-8-10-19(11-9-18)22-15-24(25(29)20-6-4-3-5-7-20)26-13-12-21(17(2)28)14-23(22)26/h3-15H,1-2H3. The lowest BCUT2D eigenvalue weighted by molar-refractivity contribution is 0.100. The maximum absolute atomic E-state index is 13.1. The second kappa shape index (κ2) is 7.32. The van der Waals surface area contributed by atoms with Crippen LogP contribution in [0.2, 0.25) is 0 Å². The average Bonchev–Trinajstić information content (AvgIpc) is 3.12. The van der Waals surface area contributed by atoms with Crippen LogP contribution in [0.25, 0.3) is 16.6 Å². The Labute approximate surface area is 168 Å². The topological polar surface area (TPSA) is 55.6 Å². The van der Waals surface area contributed by atoms with E-state index in [-0.39, 0.29) is 17.3 Å². The number of Topliss-reactive ketones (excluding diaryl/α,β-unsaturated/α-hetero) is 2. The third-order valence-electron chi connectivity index (χ3n) is 5.05. The van der Waals surface area contributed by atoms with Gasteiger partial charge in [-0.15, -0.1) is 0 Å². The zero-order chi connectivity index (χ0) is 20.5. The van der Waals surface area contributed by atoms with E-state index in [1.165, 1.54) is 13.8 Å². The number of nitrogens with zero attached hydrogens (tertiary/aromatic N) is 1. The molecule has 2 aromatic heterocycles. The van der Waals surface area contributed by atoms with E-state index in [1.54, 1.807) is 42.6 Å². The number of aromatic nitrogens is 1. The molecule has 4 nitrogen and oxygen atoms in total. The molecule has 2 heterocycles. The summed E-state index contributed by atoms with van der Waals surface area (Å²) in [4.78, 5) is 36.6. The maximum atomic E-state index is 13.1. The van der Waals surface area contributed by atoms with Gasteiger partial charge in [0, 0.05) is 28.5 Å². The highest BCUT2D eigenvalue weighted by molar-refractivity contribution is 6.10. The highest BCUT2D eigenvalue weighted by atomic mass is 16.1. The number of hydrogen-bond acceptors (Lipinski definition) is 3. The van der Waals surface area contributed by atoms with Crippen LogP contribution >= 0.6 is 0 Å². The first kappa shape index (κ1) is 18.6. The summed E-state index contributed by atoms with van der Waals surface area (Å²) in [5.74, 6) is -0.137. The number of benzene rings is 2. The van der Waals surface area contributed by atoms with Gasteiger partial charge in [-0.2, -0.15) is 0 Å². The van der Waals surface area contributed by atoms with Crippen molar-refractivity contribution >= 4 is 22.9 Å². The first-order valence-electron chi connectivity index (χ1n) is 9.33. The van der Waals surface area contributed by atoms with Crippen molar-refractivity contribution in [3.8, 4) is 11.1 Å². The normalized spacial score (nSPS) is 10.8. The van der Waals surface area contributed by atoms with E-state index >= 15 is 0 Å². The Balaban J connectivity index is 1.93. The Morgan fingerprint density at radius 2 is 1.34 bits per heavy atom. The molecule has 0 fully saturated rings.